The Balaban J connectivity index is 1.56. The molecule has 2 aromatic carbocycles. The summed E-state index contributed by atoms with van der Waals surface area (Å²) in [6.45, 7) is 0.256. The van der Waals surface area contributed by atoms with Crippen molar-refractivity contribution in [3.8, 4) is 5.75 Å². The first kappa shape index (κ1) is 25.9. The monoisotopic (exact) mass is 539 g/mol. The molecule has 0 bridgehead atoms. The van der Waals surface area contributed by atoms with Gasteiger partial charge in [-0.05, 0) is 24.5 Å². The van der Waals surface area contributed by atoms with Gasteiger partial charge in [-0.1, -0.05) is 54.1 Å². The number of benzene rings is 2. The number of likely N-dealkylation sites (N-methyl/N-ethyl adjacent to an activating group) is 1. The van der Waals surface area contributed by atoms with Gasteiger partial charge in [-0.3, -0.25) is 14.4 Å². The number of aromatic nitrogens is 1. The molecule has 2 aliphatic rings. The van der Waals surface area contributed by atoms with Gasteiger partial charge in [-0.25, -0.2) is 4.39 Å². The number of rotatable bonds is 7. The highest BCUT2D eigenvalue weighted by atomic mass is 35.5. The Hall–Kier alpha value is -3.69. The van der Waals surface area contributed by atoms with E-state index in [-0.39, 0.29) is 52.8 Å². The summed E-state index contributed by atoms with van der Waals surface area (Å²) < 4.78 is 27.6. The van der Waals surface area contributed by atoms with Crippen molar-refractivity contribution >= 4 is 23.4 Å². The van der Waals surface area contributed by atoms with Crippen LogP contribution in [0.15, 0.2) is 59.5 Å². The third-order valence-electron chi connectivity index (χ3n) is 7.25. The van der Waals surface area contributed by atoms with Crippen molar-refractivity contribution in [3.05, 3.63) is 98.2 Å². The SMILES string of the molecule is CO[C@H]1C[C@]2(CN(C)C(=O)c3c(OCc4ccccc4)c(=O)c(C(=O)NCc4cccc(Cl)c4F)cn32)C1. The van der Waals surface area contributed by atoms with Crippen molar-refractivity contribution in [1.29, 1.82) is 0 Å². The molecule has 1 aliphatic carbocycles. The highest BCUT2D eigenvalue weighted by molar-refractivity contribution is 6.30. The third kappa shape index (κ3) is 4.56. The fraction of sp³-hybridized carbons (Fsp3) is 0.321. The van der Waals surface area contributed by atoms with E-state index in [2.05, 4.69) is 5.32 Å². The van der Waals surface area contributed by atoms with E-state index >= 15 is 0 Å². The first-order valence-electron chi connectivity index (χ1n) is 12.2. The second kappa shape index (κ2) is 10.2. The number of methoxy groups -OCH3 is 1. The number of nitrogens with one attached hydrogen (secondary N) is 1. The van der Waals surface area contributed by atoms with Crippen LogP contribution in [-0.4, -0.2) is 48.1 Å². The lowest BCUT2D eigenvalue weighted by molar-refractivity contribution is -0.0674. The lowest BCUT2D eigenvalue weighted by atomic mass is 9.72. The molecule has 1 N–H and O–H groups in total. The van der Waals surface area contributed by atoms with Crippen molar-refractivity contribution in [1.82, 2.24) is 14.8 Å². The molecule has 2 heterocycles. The van der Waals surface area contributed by atoms with Gasteiger partial charge in [0.1, 0.15) is 18.0 Å². The normalized spacial score (nSPS) is 20.2. The molecular weight excluding hydrogens is 513 g/mol. The van der Waals surface area contributed by atoms with Gasteiger partial charge in [-0.15, -0.1) is 0 Å². The summed E-state index contributed by atoms with van der Waals surface area (Å²) >= 11 is 5.86. The third-order valence-corrected chi connectivity index (χ3v) is 7.54. The molecule has 38 heavy (non-hydrogen) atoms. The smallest absolute Gasteiger partial charge is 0.274 e. The van der Waals surface area contributed by atoms with E-state index in [1.165, 1.54) is 18.3 Å². The van der Waals surface area contributed by atoms with Crippen molar-refractivity contribution in [2.75, 3.05) is 20.7 Å². The Morgan fingerprint density at radius 3 is 2.61 bits per heavy atom. The zero-order chi connectivity index (χ0) is 27.0. The molecule has 3 aromatic rings. The lowest BCUT2D eigenvalue weighted by Gasteiger charge is -2.53. The van der Waals surface area contributed by atoms with Gasteiger partial charge >= 0.3 is 0 Å². The molecule has 5 rings (SSSR count). The Bertz CT molecular complexity index is 1450. The van der Waals surface area contributed by atoms with Gasteiger partial charge in [0.15, 0.2) is 11.4 Å². The first-order valence-corrected chi connectivity index (χ1v) is 12.6. The Kier molecular flexibility index (Phi) is 6.98. The highest BCUT2D eigenvalue weighted by Gasteiger charge is 2.52. The molecule has 0 unspecified atom stereocenters. The van der Waals surface area contributed by atoms with E-state index in [1.54, 1.807) is 29.7 Å². The Labute approximate surface area is 223 Å². The maximum absolute atomic E-state index is 14.4. The average Bonchev–Trinajstić information content (AvgIpc) is 2.89. The van der Waals surface area contributed by atoms with Gasteiger partial charge in [0.25, 0.3) is 11.8 Å². The second-order valence-corrected chi connectivity index (χ2v) is 10.1. The van der Waals surface area contributed by atoms with Crippen LogP contribution in [0.5, 0.6) is 5.75 Å². The Morgan fingerprint density at radius 2 is 1.89 bits per heavy atom. The van der Waals surface area contributed by atoms with Crippen molar-refractivity contribution in [2.24, 2.45) is 0 Å². The largest absolute Gasteiger partial charge is 0.483 e. The molecule has 2 amide bonds. The van der Waals surface area contributed by atoms with E-state index in [0.717, 1.165) is 5.56 Å². The van der Waals surface area contributed by atoms with Crippen LogP contribution in [0.3, 0.4) is 0 Å². The standard InChI is InChI=1S/C28H27ClFN3O5/c1-32-16-28(11-19(12-28)37-2)33-14-20(26(35)31-13-18-9-6-10-21(29)22(18)30)24(34)25(23(33)27(32)36)38-15-17-7-4-3-5-8-17/h3-10,14,19H,11-13,15-16H2,1-2H3,(H,31,35)/t19-,28+. The molecular formula is C28H27ClFN3O5. The topological polar surface area (TPSA) is 89.9 Å². The predicted molar refractivity (Wildman–Crippen MR) is 139 cm³/mol. The zero-order valence-corrected chi connectivity index (χ0v) is 21.8. The van der Waals surface area contributed by atoms with E-state index in [1.807, 2.05) is 30.3 Å². The van der Waals surface area contributed by atoms with Gasteiger partial charge < -0.3 is 24.3 Å². The summed E-state index contributed by atoms with van der Waals surface area (Å²) in [6, 6.07) is 13.7. The molecule has 1 saturated carbocycles. The number of pyridine rings is 1. The first-order chi connectivity index (χ1) is 18.2. The van der Waals surface area contributed by atoms with Gasteiger partial charge in [0.05, 0.1) is 16.7 Å². The predicted octanol–water partition coefficient (Wildman–Crippen LogP) is 3.74. The van der Waals surface area contributed by atoms with Crippen molar-refractivity contribution in [3.63, 3.8) is 0 Å². The maximum atomic E-state index is 14.4. The second-order valence-electron chi connectivity index (χ2n) is 9.74. The van der Waals surface area contributed by atoms with Gasteiger partial charge in [-0.2, -0.15) is 0 Å². The number of hydrogen-bond donors (Lipinski definition) is 1. The molecule has 1 aromatic heterocycles. The van der Waals surface area contributed by atoms with Crippen molar-refractivity contribution < 1.29 is 23.5 Å². The van der Waals surface area contributed by atoms with Crippen LogP contribution < -0.4 is 15.5 Å². The minimum Gasteiger partial charge on any atom is -0.483 e. The van der Waals surface area contributed by atoms with Crippen LogP contribution in [-0.2, 0) is 23.4 Å². The fourth-order valence-electron chi connectivity index (χ4n) is 5.20. The number of carbonyl (C=O) groups is 2. The average molecular weight is 540 g/mol. The van der Waals surface area contributed by atoms with Crippen LogP contribution in [0.1, 0.15) is 44.8 Å². The molecule has 0 atom stereocenters. The number of halogens is 2. The summed E-state index contributed by atoms with van der Waals surface area (Å²) in [5.74, 6) is -1.91. The molecule has 8 nitrogen and oxygen atoms in total. The van der Waals surface area contributed by atoms with Crippen LogP contribution in [0.4, 0.5) is 4.39 Å². The van der Waals surface area contributed by atoms with Crippen LogP contribution >= 0.6 is 11.6 Å². The quantitative estimate of drug-likeness (QED) is 0.494. The molecule has 10 heteroatoms. The Morgan fingerprint density at radius 1 is 1.16 bits per heavy atom. The highest BCUT2D eigenvalue weighted by Crippen LogP contribution is 2.45. The van der Waals surface area contributed by atoms with Crippen LogP contribution in [0, 0.1) is 5.82 Å². The summed E-state index contributed by atoms with van der Waals surface area (Å²) in [6.07, 6.45) is 2.61. The molecule has 1 aliphatic heterocycles. The number of hydrogen-bond acceptors (Lipinski definition) is 5. The summed E-state index contributed by atoms with van der Waals surface area (Å²) in [4.78, 5) is 41.8. The maximum Gasteiger partial charge on any atom is 0.274 e. The minimum absolute atomic E-state index is 0.0133. The molecule has 198 valence electrons. The lowest BCUT2D eigenvalue weighted by Crippen LogP contribution is -2.61. The molecule has 1 fully saturated rings. The van der Waals surface area contributed by atoms with Crippen molar-refractivity contribution in [2.45, 2.75) is 37.6 Å². The number of carbonyl (C=O) groups excluding carboxylic acids is 2. The van der Waals surface area contributed by atoms with Gasteiger partial charge in [0, 0.05) is 39.0 Å². The van der Waals surface area contributed by atoms with E-state index in [0.29, 0.717) is 19.4 Å². The van der Waals surface area contributed by atoms with Crippen LogP contribution in [0.25, 0.3) is 0 Å². The minimum atomic E-state index is -0.710. The zero-order valence-electron chi connectivity index (χ0n) is 21.0. The summed E-state index contributed by atoms with van der Waals surface area (Å²) in [5.41, 5.74) is -0.377. The summed E-state index contributed by atoms with van der Waals surface area (Å²) in [5, 5.41) is 2.54. The number of amides is 2. The summed E-state index contributed by atoms with van der Waals surface area (Å²) in [7, 11) is 3.31. The molecule has 0 saturated heterocycles. The van der Waals surface area contributed by atoms with Gasteiger partial charge in [0.2, 0.25) is 5.43 Å². The number of fused-ring (bicyclic) bond motifs is 2. The van der Waals surface area contributed by atoms with Crippen LogP contribution in [0.2, 0.25) is 5.02 Å². The van der Waals surface area contributed by atoms with E-state index in [9.17, 15) is 18.8 Å². The molecule has 0 radical (unpaired) electrons. The fourth-order valence-corrected chi connectivity index (χ4v) is 5.39. The van der Waals surface area contributed by atoms with E-state index < -0.39 is 22.7 Å². The van der Waals surface area contributed by atoms with E-state index in [4.69, 9.17) is 21.1 Å². The molecule has 1 spiro atoms. The number of nitrogens with zero attached hydrogens (tertiary/aromatic N) is 2. The number of ether oxygens (including phenoxy) is 2.